The van der Waals surface area contributed by atoms with Crippen LogP contribution < -0.4 is 20.3 Å². The number of methoxy groups -OCH3 is 1. The number of aromatic nitrogens is 2. The number of fused-ring (bicyclic) bond motifs is 1. The predicted molar refractivity (Wildman–Crippen MR) is 134 cm³/mol. The summed E-state index contributed by atoms with van der Waals surface area (Å²) in [5.41, 5.74) is 3.22. The lowest BCUT2D eigenvalue weighted by Crippen LogP contribution is -2.33. The van der Waals surface area contributed by atoms with Gasteiger partial charge in [-0.05, 0) is 25.0 Å². The molecule has 0 saturated carbocycles. The molecule has 4 rings (SSSR count). The molecule has 0 radical (unpaired) electrons. The van der Waals surface area contributed by atoms with Crippen molar-refractivity contribution in [3.05, 3.63) is 75.1 Å². The Morgan fingerprint density at radius 1 is 1.18 bits per heavy atom. The first-order valence-electron chi connectivity index (χ1n) is 11.3. The maximum absolute atomic E-state index is 13.3. The summed E-state index contributed by atoms with van der Waals surface area (Å²) in [6.45, 7) is 4.57. The molecular formula is C26H29N3O4S. The van der Waals surface area contributed by atoms with Crippen LogP contribution in [0.25, 0.3) is 0 Å². The molecule has 1 N–H and O–H groups in total. The van der Waals surface area contributed by atoms with Crippen LogP contribution in [0.15, 0.2) is 52.4 Å². The van der Waals surface area contributed by atoms with Gasteiger partial charge in [0.15, 0.2) is 16.7 Å². The van der Waals surface area contributed by atoms with Gasteiger partial charge in [0, 0.05) is 30.7 Å². The van der Waals surface area contributed by atoms with E-state index < -0.39 is 5.92 Å². The minimum absolute atomic E-state index is 0.134. The topological polar surface area (TPSA) is 82.4 Å². The highest BCUT2D eigenvalue weighted by Gasteiger charge is 2.34. The van der Waals surface area contributed by atoms with E-state index in [1.54, 1.807) is 11.7 Å². The molecule has 1 amide bonds. The van der Waals surface area contributed by atoms with Crippen LogP contribution in [-0.2, 0) is 17.6 Å². The fourth-order valence-electron chi connectivity index (χ4n) is 4.09. The Bertz CT molecular complexity index is 1250. The summed E-state index contributed by atoms with van der Waals surface area (Å²) < 4.78 is 13.3. The summed E-state index contributed by atoms with van der Waals surface area (Å²) in [6, 6.07) is 13.8. The first kappa shape index (κ1) is 23.9. The van der Waals surface area contributed by atoms with E-state index in [2.05, 4.69) is 34.6 Å². The fraction of sp³-hybridized carbons (Fsp3) is 0.346. The number of para-hydroxylation sites is 1. The van der Waals surface area contributed by atoms with Crippen LogP contribution in [0.2, 0.25) is 0 Å². The average Bonchev–Trinajstić information content (AvgIpc) is 2.84. The molecule has 1 aromatic heterocycles. The Kier molecular flexibility index (Phi) is 7.26. The Morgan fingerprint density at radius 2 is 1.94 bits per heavy atom. The normalized spacial score (nSPS) is 14.9. The summed E-state index contributed by atoms with van der Waals surface area (Å²) in [5, 5.41) is 3.46. The number of hydrogen-bond acceptors (Lipinski definition) is 6. The van der Waals surface area contributed by atoms with Gasteiger partial charge in [-0.15, -0.1) is 0 Å². The SMILES string of the molecule is CCCOc1c(OC)cccc1[C@@H]1CC(=O)Nc2c1c(=O)nc(SCc1ccc(C)cc1)n2C. The highest BCUT2D eigenvalue weighted by molar-refractivity contribution is 7.98. The van der Waals surface area contributed by atoms with Crippen molar-refractivity contribution in [3.8, 4) is 11.5 Å². The van der Waals surface area contributed by atoms with Crippen LogP contribution in [0, 0.1) is 6.92 Å². The molecule has 1 aliphatic heterocycles. The van der Waals surface area contributed by atoms with Gasteiger partial charge in [-0.3, -0.25) is 9.59 Å². The minimum Gasteiger partial charge on any atom is -0.493 e. The molecule has 7 nitrogen and oxygen atoms in total. The van der Waals surface area contributed by atoms with Crippen molar-refractivity contribution in [2.24, 2.45) is 7.05 Å². The molecule has 0 bridgehead atoms. The Balaban J connectivity index is 1.74. The smallest absolute Gasteiger partial charge is 0.279 e. The zero-order valence-corrected chi connectivity index (χ0v) is 20.7. The van der Waals surface area contributed by atoms with Crippen molar-refractivity contribution >= 4 is 23.5 Å². The van der Waals surface area contributed by atoms with Crippen molar-refractivity contribution < 1.29 is 14.3 Å². The van der Waals surface area contributed by atoms with Crippen molar-refractivity contribution in [1.29, 1.82) is 0 Å². The van der Waals surface area contributed by atoms with Gasteiger partial charge in [0.1, 0.15) is 5.82 Å². The molecule has 0 spiro atoms. The molecule has 2 aromatic carbocycles. The van der Waals surface area contributed by atoms with Crippen LogP contribution in [0.4, 0.5) is 5.82 Å². The minimum atomic E-state index is -0.479. The van der Waals surface area contributed by atoms with Gasteiger partial charge >= 0.3 is 0 Å². The van der Waals surface area contributed by atoms with Gasteiger partial charge in [-0.25, -0.2) is 0 Å². The second kappa shape index (κ2) is 10.3. The number of amides is 1. The lowest BCUT2D eigenvalue weighted by Gasteiger charge is -2.29. The third-order valence-corrected chi connectivity index (χ3v) is 6.95. The number of benzene rings is 2. The number of nitrogens with one attached hydrogen (secondary N) is 1. The van der Waals surface area contributed by atoms with Crippen molar-refractivity contribution in [2.45, 2.75) is 43.5 Å². The van der Waals surface area contributed by atoms with Crippen LogP contribution in [0.5, 0.6) is 11.5 Å². The molecule has 178 valence electrons. The number of anilines is 1. The number of carbonyl (C=O) groups is 1. The third kappa shape index (κ3) is 4.82. The number of ether oxygens (including phenoxy) is 2. The third-order valence-electron chi connectivity index (χ3n) is 5.84. The molecule has 0 unspecified atom stereocenters. The standard InChI is InChI=1S/C26H29N3O4S/c1-5-13-33-23-18(7-6-8-20(23)32-4)19-14-21(30)27-24-22(19)25(31)28-26(29(24)3)34-15-17-11-9-16(2)10-12-17/h6-12,19H,5,13-15H2,1-4H3,(H,27,30)/t19-/m0/s1. The van der Waals surface area contributed by atoms with Gasteiger partial charge < -0.3 is 19.4 Å². The molecule has 8 heteroatoms. The molecule has 0 saturated heterocycles. The van der Waals surface area contributed by atoms with Gasteiger partial charge in [0.2, 0.25) is 5.91 Å². The second-order valence-corrected chi connectivity index (χ2v) is 9.27. The first-order valence-corrected chi connectivity index (χ1v) is 12.3. The Labute approximate surface area is 203 Å². The zero-order chi connectivity index (χ0) is 24.2. The maximum Gasteiger partial charge on any atom is 0.279 e. The molecular weight excluding hydrogens is 450 g/mol. The molecule has 1 atom stereocenters. The summed E-state index contributed by atoms with van der Waals surface area (Å²) in [4.78, 5) is 30.5. The lowest BCUT2D eigenvalue weighted by molar-refractivity contribution is -0.116. The van der Waals surface area contributed by atoms with E-state index in [4.69, 9.17) is 9.47 Å². The number of nitrogens with zero attached hydrogens (tertiary/aromatic N) is 2. The van der Waals surface area contributed by atoms with Gasteiger partial charge in [0.05, 0.1) is 19.3 Å². The number of hydrogen-bond donors (Lipinski definition) is 1. The van der Waals surface area contributed by atoms with E-state index in [-0.39, 0.29) is 17.9 Å². The van der Waals surface area contributed by atoms with Crippen LogP contribution in [-0.4, -0.2) is 29.2 Å². The number of carbonyl (C=O) groups excluding carboxylic acids is 1. The highest BCUT2D eigenvalue weighted by atomic mass is 32.2. The lowest BCUT2D eigenvalue weighted by atomic mass is 9.86. The van der Waals surface area contributed by atoms with Crippen molar-refractivity contribution in [1.82, 2.24) is 9.55 Å². The van der Waals surface area contributed by atoms with Crippen LogP contribution >= 0.6 is 11.8 Å². The largest absolute Gasteiger partial charge is 0.493 e. The number of rotatable bonds is 8. The van der Waals surface area contributed by atoms with E-state index in [0.717, 1.165) is 17.5 Å². The fourth-order valence-corrected chi connectivity index (χ4v) is 5.01. The summed E-state index contributed by atoms with van der Waals surface area (Å²) >= 11 is 1.47. The van der Waals surface area contributed by atoms with E-state index in [9.17, 15) is 9.59 Å². The Morgan fingerprint density at radius 3 is 2.65 bits per heavy atom. The second-order valence-electron chi connectivity index (χ2n) is 8.33. The monoisotopic (exact) mass is 479 g/mol. The van der Waals surface area contributed by atoms with Crippen LogP contribution in [0.3, 0.4) is 0 Å². The van der Waals surface area contributed by atoms with Crippen LogP contribution in [0.1, 0.15) is 47.9 Å². The molecule has 1 aliphatic rings. The van der Waals surface area contributed by atoms with E-state index in [1.165, 1.54) is 17.3 Å². The molecule has 3 aromatic rings. The van der Waals surface area contributed by atoms with Crippen molar-refractivity contribution in [2.75, 3.05) is 19.0 Å². The average molecular weight is 480 g/mol. The quantitative estimate of drug-likeness (QED) is 0.374. The van der Waals surface area contributed by atoms with Gasteiger partial charge in [-0.2, -0.15) is 4.98 Å². The van der Waals surface area contributed by atoms with Crippen molar-refractivity contribution in [3.63, 3.8) is 0 Å². The highest BCUT2D eigenvalue weighted by Crippen LogP contribution is 2.43. The predicted octanol–water partition coefficient (Wildman–Crippen LogP) is 4.65. The summed E-state index contributed by atoms with van der Waals surface area (Å²) in [6.07, 6.45) is 0.958. The first-order chi connectivity index (χ1) is 16.4. The molecule has 0 aliphatic carbocycles. The zero-order valence-electron chi connectivity index (χ0n) is 19.9. The maximum atomic E-state index is 13.3. The number of aryl methyl sites for hydroxylation is 1. The summed E-state index contributed by atoms with van der Waals surface area (Å²) in [7, 11) is 3.41. The Hall–Kier alpha value is -3.26. The van der Waals surface area contributed by atoms with E-state index in [1.807, 2.05) is 39.1 Å². The molecule has 34 heavy (non-hydrogen) atoms. The summed E-state index contributed by atoms with van der Waals surface area (Å²) in [5.74, 6) is 1.66. The van der Waals surface area contributed by atoms with Gasteiger partial charge in [-0.1, -0.05) is 60.6 Å². The van der Waals surface area contributed by atoms with E-state index in [0.29, 0.717) is 40.4 Å². The van der Waals surface area contributed by atoms with E-state index >= 15 is 0 Å². The molecule has 0 fully saturated rings. The number of thioether (sulfide) groups is 1. The molecule has 2 heterocycles. The van der Waals surface area contributed by atoms with Gasteiger partial charge in [0.25, 0.3) is 5.56 Å².